The number of hydrogen-bond acceptors (Lipinski definition) is 5. The van der Waals surface area contributed by atoms with E-state index in [0.29, 0.717) is 30.6 Å². The summed E-state index contributed by atoms with van der Waals surface area (Å²) in [5.41, 5.74) is -3.58. The van der Waals surface area contributed by atoms with Gasteiger partial charge in [-0.15, -0.1) is 0 Å². The van der Waals surface area contributed by atoms with Crippen LogP contribution in [0.25, 0.3) is 0 Å². The Hall–Kier alpha value is -2.67. The van der Waals surface area contributed by atoms with Crippen LogP contribution in [0.4, 0.5) is 23.7 Å². The second-order valence-electron chi connectivity index (χ2n) is 7.46. The van der Waals surface area contributed by atoms with Crippen molar-refractivity contribution in [3.8, 4) is 0 Å². The Labute approximate surface area is 176 Å². The fraction of sp³-hybridized carbons (Fsp3) is 0.500. The molecule has 0 bridgehead atoms. The minimum Gasteiger partial charge on any atom is -0.326 e. The van der Waals surface area contributed by atoms with Gasteiger partial charge in [0.2, 0.25) is 15.9 Å². The molecule has 3 rings (SSSR count). The molecule has 0 radical (unpaired) electrons. The zero-order valence-electron chi connectivity index (χ0n) is 16.5. The van der Waals surface area contributed by atoms with E-state index in [-0.39, 0.29) is 5.69 Å². The van der Waals surface area contributed by atoms with Gasteiger partial charge in [-0.2, -0.15) is 17.9 Å². The number of halogens is 3. The minimum absolute atomic E-state index is 0.228. The predicted octanol–water partition coefficient (Wildman–Crippen LogP) is 2.07. The van der Waals surface area contributed by atoms with Gasteiger partial charge in [-0.1, -0.05) is 19.3 Å². The molecule has 3 N–H and O–H groups in total. The van der Waals surface area contributed by atoms with E-state index in [4.69, 9.17) is 0 Å². The van der Waals surface area contributed by atoms with Crippen LogP contribution >= 0.6 is 0 Å². The number of alkyl halides is 3. The first-order chi connectivity index (χ1) is 14.4. The molecule has 170 valence electrons. The molecule has 13 heteroatoms. The highest BCUT2D eigenvalue weighted by Gasteiger charge is 2.70. The van der Waals surface area contributed by atoms with Gasteiger partial charge >= 0.3 is 12.2 Å². The van der Waals surface area contributed by atoms with E-state index in [0.717, 1.165) is 18.6 Å². The van der Waals surface area contributed by atoms with E-state index >= 15 is 0 Å². The number of nitrogens with zero attached hydrogens (tertiary/aromatic N) is 1. The first-order valence-corrected chi connectivity index (χ1v) is 11.0. The maximum absolute atomic E-state index is 14.0. The maximum Gasteiger partial charge on any atom is 0.435 e. The molecule has 1 saturated heterocycles. The van der Waals surface area contributed by atoms with Crippen LogP contribution < -0.4 is 15.4 Å². The van der Waals surface area contributed by atoms with E-state index in [2.05, 4.69) is 5.32 Å². The summed E-state index contributed by atoms with van der Waals surface area (Å²) in [5.74, 6) is -2.12. The minimum atomic E-state index is -5.44. The molecule has 2 aliphatic rings. The van der Waals surface area contributed by atoms with Crippen molar-refractivity contribution >= 4 is 33.6 Å². The van der Waals surface area contributed by atoms with Crippen LogP contribution in [0.5, 0.6) is 0 Å². The van der Waals surface area contributed by atoms with Gasteiger partial charge in [-0.05, 0) is 37.1 Å². The molecule has 31 heavy (non-hydrogen) atoms. The lowest BCUT2D eigenvalue weighted by Gasteiger charge is -2.32. The average molecular weight is 462 g/mol. The lowest BCUT2D eigenvalue weighted by atomic mass is 9.94. The van der Waals surface area contributed by atoms with E-state index in [1.54, 1.807) is 0 Å². The molecule has 4 amide bonds. The topological polar surface area (TPSA) is 125 Å². The second-order valence-corrected chi connectivity index (χ2v) is 9.14. The molecular weight excluding hydrogens is 441 g/mol. The molecule has 2 fully saturated rings. The normalized spacial score (nSPS) is 23.0. The molecule has 1 aliphatic heterocycles. The summed E-state index contributed by atoms with van der Waals surface area (Å²) in [6.45, 7) is 1.23. The molecule has 0 spiro atoms. The summed E-state index contributed by atoms with van der Waals surface area (Å²) in [4.78, 5) is 36.1. The van der Waals surface area contributed by atoms with Crippen molar-refractivity contribution < 1.29 is 36.0 Å². The number of anilines is 1. The van der Waals surface area contributed by atoms with Crippen LogP contribution in [0.1, 0.15) is 39.0 Å². The number of hydrogen-bond donors (Lipinski definition) is 3. The quantitative estimate of drug-likeness (QED) is 0.578. The number of amides is 4. The van der Waals surface area contributed by atoms with Gasteiger partial charge in [0, 0.05) is 18.7 Å². The molecule has 0 unspecified atom stereocenters. The highest BCUT2D eigenvalue weighted by atomic mass is 32.2. The standard InChI is InChI=1S/C18H21F3N4O5S/c1-11(26)22-12-7-9-14(10-8-12)31(29,30)24-17(18(19,20)21)15(27)25(16(28)23-17)13-5-3-2-4-6-13/h7-10,13,24H,2-6H2,1H3,(H,22,26)(H,23,28)/t17-/m0/s1. The van der Waals surface area contributed by atoms with E-state index in [1.807, 2.05) is 0 Å². The molecule has 0 aromatic heterocycles. The molecular formula is C18H21F3N4O5S. The van der Waals surface area contributed by atoms with Gasteiger partial charge in [0.05, 0.1) is 4.90 Å². The smallest absolute Gasteiger partial charge is 0.326 e. The van der Waals surface area contributed by atoms with Crippen LogP contribution in [-0.4, -0.2) is 49.0 Å². The van der Waals surface area contributed by atoms with Crippen molar-refractivity contribution in [2.45, 2.75) is 61.8 Å². The fourth-order valence-electron chi connectivity index (χ4n) is 3.72. The molecule has 1 heterocycles. The van der Waals surface area contributed by atoms with Crippen LogP contribution in [0.3, 0.4) is 0 Å². The van der Waals surface area contributed by atoms with E-state index in [1.165, 1.54) is 29.1 Å². The Balaban J connectivity index is 1.93. The first kappa shape index (κ1) is 23.0. The van der Waals surface area contributed by atoms with Gasteiger partial charge in [-0.3, -0.25) is 14.5 Å². The third-order valence-corrected chi connectivity index (χ3v) is 6.66. The molecule has 1 aromatic carbocycles. The summed E-state index contributed by atoms with van der Waals surface area (Å²) in [6, 6.07) is 2.28. The summed E-state index contributed by atoms with van der Waals surface area (Å²) >= 11 is 0. The number of carbonyl (C=O) groups excluding carboxylic acids is 3. The van der Waals surface area contributed by atoms with Crippen molar-refractivity contribution in [2.75, 3.05) is 5.32 Å². The molecule has 9 nitrogen and oxygen atoms in total. The zero-order valence-corrected chi connectivity index (χ0v) is 17.3. The Morgan fingerprint density at radius 3 is 2.23 bits per heavy atom. The van der Waals surface area contributed by atoms with Crippen molar-refractivity contribution in [3.63, 3.8) is 0 Å². The Morgan fingerprint density at radius 2 is 1.71 bits per heavy atom. The summed E-state index contributed by atoms with van der Waals surface area (Å²) in [5, 5.41) is 3.92. The lowest BCUT2D eigenvalue weighted by Crippen LogP contribution is -2.69. The summed E-state index contributed by atoms with van der Waals surface area (Å²) in [7, 11) is -4.89. The third kappa shape index (κ3) is 4.37. The van der Waals surface area contributed by atoms with Crippen molar-refractivity contribution in [1.82, 2.24) is 14.9 Å². The maximum atomic E-state index is 14.0. The van der Waals surface area contributed by atoms with Gasteiger partial charge in [0.25, 0.3) is 11.6 Å². The zero-order chi connectivity index (χ0) is 23.0. The van der Waals surface area contributed by atoms with Crippen molar-refractivity contribution in [1.29, 1.82) is 0 Å². The van der Waals surface area contributed by atoms with Crippen LogP contribution in [0.15, 0.2) is 29.2 Å². The lowest BCUT2D eigenvalue weighted by molar-refractivity contribution is -0.198. The Morgan fingerprint density at radius 1 is 1.13 bits per heavy atom. The first-order valence-electron chi connectivity index (χ1n) is 9.51. The SMILES string of the molecule is CC(=O)Nc1ccc(S(=O)(=O)N[C@@]2(C(F)(F)F)NC(=O)N(C3CCCCC3)C2=O)cc1. The largest absolute Gasteiger partial charge is 0.435 e. The number of sulfonamides is 1. The average Bonchev–Trinajstić information content (AvgIpc) is 2.92. The number of urea groups is 1. The van der Waals surface area contributed by atoms with Gasteiger partial charge in [0.1, 0.15) is 0 Å². The number of nitrogens with one attached hydrogen (secondary N) is 3. The van der Waals surface area contributed by atoms with Gasteiger partial charge < -0.3 is 10.6 Å². The third-order valence-electron chi connectivity index (χ3n) is 5.19. The number of benzene rings is 1. The monoisotopic (exact) mass is 462 g/mol. The Kier molecular flexibility index (Phi) is 6.02. The second kappa shape index (κ2) is 8.11. The number of imide groups is 1. The van der Waals surface area contributed by atoms with Crippen LogP contribution in [-0.2, 0) is 19.6 Å². The highest BCUT2D eigenvalue weighted by molar-refractivity contribution is 7.89. The van der Waals surface area contributed by atoms with E-state index in [9.17, 15) is 36.0 Å². The molecule has 1 aromatic rings. The highest BCUT2D eigenvalue weighted by Crippen LogP contribution is 2.37. The molecule has 1 saturated carbocycles. The van der Waals surface area contributed by atoms with Gasteiger partial charge in [-0.25, -0.2) is 13.2 Å². The van der Waals surface area contributed by atoms with Gasteiger partial charge in [0.15, 0.2) is 0 Å². The number of rotatable bonds is 5. The van der Waals surface area contributed by atoms with Crippen LogP contribution in [0, 0.1) is 0 Å². The van der Waals surface area contributed by atoms with Crippen molar-refractivity contribution in [3.05, 3.63) is 24.3 Å². The molecule has 1 aliphatic carbocycles. The van der Waals surface area contributed by atoms with Crippen LogP contribution in [0.2, 0.25) is 0 Å². The Bertz CT molecular complexity index is 990. The van der Waals surface area contributed by atoms with Crippen molar-refractivity contribution in [2.24, 2.45) is 0 Å². The summed E-state index contributed by atoms with van der Waals surface area (Å²) in [6.07, 6.45) is -2.60. The predicted molar refractivity (Wildman–Crippen MR) is 102 cm³/mol. The van der Waals surface area contributed by atoms with E-state index < -0.39 is 50.6 Å². The fourth-order valence-corrected chi connectivity index (χ4v) is 4.99. The summed E-state index contributed by atoms with van der Waals surface area (Å²) < 4.78 is 68.7. The number of carbonyl (C=O) groups is 3. The molecule has 1 atom stereocenters.